The molecule has 13 heteroatoms. The predicted molar refractivity (Wildman–Crippen MR) is 151 cm³/mol. The van der Waals surface area contributed by atoms with Gasteiger partial charge in [0.05, 0.1) is 17.4 Å². The Balaban J connectivity index is 1.34. The third kappa shape index (κ3) is 7.46. The largest absolute Gasteiger partial charge is 0.484 e. The Labute approximate surface area is 237 Å². The molecule has 9 nitrogen and oxygen atoms in total. The number of carbonyl (C=O) groups excluding carboxylic acids is 3. The second-order valence-corrected chi connectivity index (χ2v) is 12.5. The lowest BCUT2D eigenvalue weighted by Crippen LogP contribution is -2.23. The Hall–Kier alpha value is -2.67. The van der Waals surface area contributed by atoms with E-state index in [4.69, 9.17) is 21.1 Å². The SMILES string of the molecule is CCOC(=O)c1c(NC(=O)C(C)Sc2nnc(NC(=O)COc3ccc(Cl)cc3)s2)sc2c1CCCCC2. The molecule has 1 aliphatic carbocycles. The molecule has 0 fully saturated rings. The number of hydrogen-bond acceptors (Lipinski definition) is 10. The van der Waals surface area contributed by atoms with Gasteiger partial charge in [0, 0.05) is 9.90 Å². The molecule has 1 atom stereocenters. The quantitative estimate of drug-likeness (QED) is 0.130. The smallest absolute Gasteiger partial charge is 0.341 e. The molecular weight excluding hydrogens is 568 g/mol. The van der Waals surface area contributed by atoms with Gasteiger partial charge in [-0.15, -0.1) is 21.5 Å². The maximum absolute atomic E-state index is 13.0. The number of rotatable bonds is 10. The van der Waals surface area contributed by atoms with E-state index < -0.39 is 11.2 Å². The lowest BCUT2D eigenvalue weighted by atomic mass is 10.1. The van der Waals surface area contributed by atoms with Crippen LogP contribution in [0.4, 0.5) is 10.1 Å². The molecule has 0 aliphatic heterocycles. The Kier molecular flexibility index (Phi) is 10.0. The number of thioether (sulfide) groups is 1. The van der Waals surface area contributed by atoms with Crippen LogP contribution in [0.1, 0.15) is 53.9 Å². The van der Waals surface area contributed by atoms with Crippen molar-refractivity contribution < 1.29 is 23.9 Å². The molecule has 0 bridgehead atoms. The fourth-order valence-electron chi connectivity index (χ4n) is 3.81. The fourth-order valence-corrected chi connectivity index (χ4v) is 7.13. The van der Waals surface area contributed by atoms with Gasteiger partial charge in [-0.2, -0.15) is 0 Å². The third-order valence-corrected chi connectivity index (χ3v) is 9.10. The molecule has 3 aromatic rings. The van der Waals surface area contributed by atoms with E-state index in [1.807, 2.05) is 0 Å². The van der Waals surface area contributed by atoms with Gasteiger partial charge in [0.25, 0.3) is 5.91 Å². The average molecular weight is 595 g/mol. The van der Waals surface area contributed by atoms with Crippen molar-refractivity contribution in [3.05, 3.63) is 45.3 Å². The summed E-state index contributed by atoms with van der Waals surface area (Å²) in [6, 6.07) is 6.69. The van der Waals surface area contributed by atoms with Crippen molar-refractivity contribution in [2.75, 3.05) is 23.8 Å². The van der Waals surface area contributed by atoms with Gasteiger partial charge >= 0.3 is 5.97 Å². The lowest BCUT2D eigenvalue weighted by molar-refractivity contribution is -0.118. The van der Waals surface area contributed by atoms with Crippen LogP contribution in [0.3, 0.4) is 0 Å². The van der Waals surface area contributed by atoms with E-state index in [-0.39, 0.29) is 25.0 Å². The Morgan fingerprint density at radius 2 is 1.84 bits per heavy atom. The molecule has 0 radical (unpaired) electrons. The molecule has 0 saturated carbocycles. The van der Waals surface area contributed by atoms with Crippen LogP contribution in [0.2, 0.25) is 5.02 Å². The molecule has 2 N–H and O–H groups in total. The van der Waals surface area contributed by atoms with Crippen LogP contribution >= 0.6 is 46.0 Å². The van der Waals surface area contributed by atoms with E-state index in [1.54, 1.807) is 38.1 Å². The molecule has 1 aliphatic rings. The number of esters is 1. The first-order valence-electron chi connectivity index (χ1n) is 12.1. The van der Waals surface area contributed by atoms with Gasteiger partial charge < -0.3 is 14.8 Å². The minimum atomic E-state index is -0.517. The summed E-state index contributed by atoms with van der Waals surface area (Å²) in [7, 11) is 0. The number of thiophene rings is 1. The predicted octanol–water partition coefficient (Wildman–Crippen LogP) is 5.84. The number of amides is 2. The number of ether oxygens (including phenoxy) is 2. The first-order chi connectivity index (χ1) is 18.3. The van der Waals surface area contributed by atoms with Crippen LogP contribution in [-0.2, 0) is 27.2 Å². The Bertz CT molecular complexity index is 1290. The first kappa shape index (κ1) is 28.3. The number of nitrogens with one attached hydrogen (secondary N) is 2. The Morgan fingerprint density at radius 3 is 2.61 bits per heavy atom. The highest BCUT2D eigenvalue weighted by atomic mass is 35.5. The molecule has 1 unspecified atom stereocenters. The van der Waals surface area contributed by atoms with Gasteiger partial charge in [0.15, 0.2) is 10.9 Å². The summed E-state index contributed by atoms with van der Waals surface area (Å²) in [6.07, 6.45) is 4.91. The lowest BCUT2D eigenvalue weighted by Gasteiger charge is -2.11. The second-order valence-electron chi connectivity index (χ2n) is 8.40. The number of fused-ring (bicyclic) bond motifs is 1. The normalized spacial score (nSPS) is 13.7. The zero-order valence-electron chi connectivity index (χ0n) is 20.9. The Morgan fingerprint density at radius 1 is 1.08 bits per heavy atom. The molecule has 0 saturated heterocycles. The molecule has 1 aromatic carbocycles. The van der Waals surface area contributed by atoms with E-state index in [1.165, 1.54) is 23.1 Å². The standard InChI is InChI=1S/C25H27ClN4O5S3/c1-3-34-23(33)20-17-7-5-4-6-8-18(17)37-22(20)28-21(32)14(2)36-25-30-29-24(38-25)27-19(31)13-35-16-11-9-15(26)10-12-16/h9-12,14H,3-8,13H2,1-2H3,(H,28,32)(H,27,29,31). The van der Waals surface area contributed by atoms with Crippen molar-refractivity contribution in [3.8, 4) is 5.75 Å². The van der Waals surface area contributed by atoms with Crippen LogP contribution < -0.4 is 15.4 Å². The summed E-state index contributed by atoms with van der Waals surface area (Å²) in [5.74, 6) is -0.519. The summed E-state index contributed by atoms with van der Waals surface area (Å²) in [5, 5.41) is 14.5. The molecule has 4 rings (SSSR count). The molecule has 2 amide bonds. The number of aryl methyl sites for hydroxylation is 1. The number of halogens is 1. The van der Waals surface area contributed by atoms with Crippen molar-refractivity contribution in [1.82, 2.24) is 10.2 Å². The van der Waals surface area contributed by atoms with Gasteiger partial charge in [-0.05, 0) is 69.4 Å². The van der Waals surface area contributed by atoms with E-state index in [0.29, 0.717) is 30.8 Å². The molecule has 0 spiro atoms. The van der Waals surface area contributed by atoms with Gasteiger partial charge in [0.1, 0.15) is 10.8 Å². The number of nitrogens with zero attached hydrogens (tertiary/aromatic N) is 2. The number of carbonyl (C=O) groups is 3. The zero-order valence-corrected chi connectivity index (χ0v) is 24.1. The average Bonchev–Trinajstić information content (AvgIpc) is 3.39. The topological polar surface area (TPSA) is 120 Å². The van der Waals surface area contributed by atoms with Crippen LogP contribution in [-0.4, -0.2) is 46.4 Å². The van der Waals surface area contributed by atoms with E-state index >= 15 is 0 Å². The van der Waals surface area contributed by atoms with E-state index in [2.05, 4.69) is 20.8 Å². The van der Waals surface area contributed by atoms with E-state index in [9.17, 15) is 14.4 Å². The molecule has 2 heterocycles. The summed E-state index contributed by atoms with van der Waals surface area (Å²) < 4.78 is 11.3. The highest BCUT2D eigenvalue weighted by molar-refractivity contribution is 8.02. The van der Waals surface area contributed by atoms with Gasteiger partial charge in [-0.3, -0.25) is 14.9 Å². The minimum Gasteiger partial charge on any atom is -0.484 e. The minimum absolute atomic E-state index is 0.198. The zero-order chi connectivity index (χ0) is 27.1. The van der Waals surface area contributed by atoms with Crippen LogP contribution in [0, 0.1) is 0 Å². The second kappa shape index (κ2) is 13.4. The van der Waals surface area contributed by atoms with Crippen molar-refractivity contribution in [1.29, 1.82) is 0 Å². The van der Waals surface area contributed by atoms with Crippen LogP contribution in [0.15, 0.2) is 28.6 Å². The summed E-state index contributed by atoms with van der Waals surface area (Å²) in [4.78, 5) is 39.1. The van der Waals surface area contributed by atoms with Crippen molar-refractivity contribution >= 4 is 74.0 Å². The third-order valence-electron chi connectivity index (χ3n) is 5.62. The monoisotopic (exact) mass is 594 g/mol. The van der Waals surface area contributed by atoms with Gasteiger partial charge in [0.2, 0.25) is 11.0 Å². The molecule has 38 heavy (non-hydrogen) atoms. The van der Waals surface area contributed by atoms with Crippen molar-refractivity contribution in [3.63, 3.8) is 0 Å². The molecular formula is C25H27ClN4O5S3. The van der Waals surface area contributed by atoms with Crippen LogP contribution in [0.5, 0.6) is 5.75 Å². The number of anilines is 2. The molecule has 202 valence electrons. The number of hydrogen-bond donors (Lipinski definition) is 2. The van der Waals surface area contributed by atoms with Gasteiger partial charge in [-0.1, -0.05) is 41.1 Å². The molecule has 2 aromatic heterocycles. The summed E-state index contributed by atoms with van der Waals surface area (Å²) in [5.41, 5.74) is 1.49. The maximum atomic E-state index is 13.0. The number of aromatic nitrogens is 2. The van der Waals surface area contributed by atoms with Crippen molar-refractivity contribution in [2.45, 2.75) is 55.5 Å². The highest BCUT2D eigenvalue weighted by Gasteiger charge is 2.28. The first-order valence-corrected chi connectivity index (χ1v) is 15.0. The van der Waals surface area contributed by atoms with Crippen LogP contribution in [0.25, 0.3) is 0 Å². The summed E-state index contributed by atoms with van der Waals surface area (Å²) in [6.45, 7) is 3.59. The summed E-state index contributed by atoms with van der Waals surface area (Å²) >= 11 is 9.69. The fraction of sp³-hybridized carbons (Fsp3) is 0.400. The number of benzene rings is 1. The van der Waals surface area contributed by atoms with Gasteiger partial charge in [-0.25, -0.2) is 4.79 Å². The highest BCUT2D eigenvalue weighted by Crippen LogP contribution is 2.39. The van der Waals surface area contributed by atoms with Crippen molar-refractivity contribution in [2.24, 2.45) is 0 Å². The van der Waals surface area contributed by atoms with E-state index in [0.717, 1.165) is 53.9 Å². The maximum Gasteiger partial charge on any atom is 0.341 e.